The molecule has 0 bridgehead atoms. The van der Waals surface area contributed by atoms with Crippen LogP contribution in [0.25, 0.3) is 11.0 Å². The van der Waals surface area contributed by atoms with E-state index in [1.54, 1.807) is 32.9 Å². The molecular weight excluding hydrogens is 902 g/mol. The number of carbonyl (C=O) groups excluding carboxylic acids is 1. The number of ether oxygens (including phenoxy) is 2. The summed E-state index contributed by atoms with van der Waals surface area (Å²) in [6, 6.07) is 19.3. The number of aromatic nitrogens is 2. The van der Waals surface area contributed by atoms with Crippen molar-refractivity contribution in [2.45, 2.75) is 127 Å². The molecule has 1 amide bonds. The summed E-state index contributed by atoms with van der Waals surface area (Å²) in [5.74, 6) is -0.402. The number of pyridine rings is 1. The van der Waals surface area contributed by atoms with Crippen molar-refractivity contribution < 1.29 is 37.1 Å². The number of carbonyl (C=O) groups is 1. The molecule has 5 aromatic rings. The Labute approximate surface area is 403 Å². The van der Waals surface area contributed by atoms with E-state index in [-0.39, 0.29) is 57.1 Å². The van der Waals surface area contributed by atoms with Gasteiger partial charge in [-0.2, -0.15) is 4.98 Å². The summed E-state index contributed by atoms with van der Waals surface area (Å²) in [6.07, 6.45) is 9.15. The van der Waals surface area contributed by atoms with Gasteiger partial charge >= 0.3 is 0 Å². The molecule has 2 aliphatic carbocycles. The molecule has 2 aliphatic heterocycles. The van der Waals surface area contributed by atoms with E-state index in [1.165, 1.54) is 60.9 Å². The van der Waals surface area contributed by atoms with E-state index in [0.717, 1.165) is 63.6 Å². The van der Waals surface area contributed by atoms with Crippen molar-refractivity contribution >= 4 is 44.0 Å². The number of aromatic amines is 1. The van der Waals surface area contributed by atoms with Gasteiger partial charge in [0, 0.05) is 68.8 Å². The molecule has 0 unspecified atom stereocenters. The maximum atomic E-state index is 15.0. The van der Waals surface area contributed by atoms with E-state index < -0.39 is 42.9 Å². The smallest absolute Gasteiger partial charge is 0.293 e. The number of nitrogens with one attached hydrogen (secondary N) is 3. The van der Waals surface area contributed by atoms with Gasteiger partial charge in [-0.1, -0.05) is 44.5 Å². The Morgan fingerprint density at radius 3 is 2.43 bits per heavy atom. The van der Waals surface area contributed by atoms with Crippen molar-refractivity contribution in [1.82, 2.24) is 19.6 Å². The summed E-state index contributed by atoms with van der Waals surface area (Å²) in [5, 5.41) is 25.8. The lowest BCUT2D eigenvalue weighted by molar-refractivity contribution is -0.384. The lowest BCUT2D eigenvalue weighted by Gasteiger charge is -2.57. The number of fused-ring (bicyclic) bond motifs is 1. The van der Waals surface area contributed by atoms with Crippen LogP contribution in [0, 0.1) is 27.3 Å². The number of nitro benzene ring substituents is 1. The van der Waals surface area contributed by atoms with Gasteiger partial charge in [-0.05, 0) is 131 Å². The number of amides is 1. The Morgan fingerprint density at radius 1 is 0.986 bits per heavy atom. The van der Waals surface area contributed by atoms with Crippen molar-refractivity contribution in [3.63, 3.8) is 0 Å². The molecule has 2 saturated heterocycles. The van der Waals surface area contributed by atoms with E-state index in [9.17, 15) is 32.8 Å². The lowest BCUT2D eigenvalue weighted by Crippen LogP contribution is -2.63. The molecule has 2 aromatic heterocycles. The van der Waals surface area contributed by atoms with Gasteiger partial charge in [0.05, 0.1) is 32.5 Å². The van der Waals surface area contributed by atoms with Gasteiger partial charge in [-0.3, -0.25) is 19.8 Å². The number of halogens is 1. The van der Waals surface area contributed by atoms with Crippen LogP contribution >= 0.6 is 0 Å². The number of nitrogens with zero attached hydrogens (tertiary/aromatic N) is 4. The molecule has 4 fully saturated rings. The molecule has 2 atom stereocenters. The second kappa shape index (κ2) is 19.2. The van der Waals surface area contributed by atoms with Gasteiger partial charge in [-0.25, -0.2) is 17.5 Å². The first kappa shape index (κ1) is 48.3. The van der Waals surface area contributed by atoms with Gasteiger partial charge in [0.2, 0.25) is 0 Å². The molecule has 3 aromatic carbocycles. The van der Waals surface area contributed by atoms with Crippen molar-refractivity contribution in [2.75, 3.05) is 42.9 Å². The summed E-state index contributed by atoms with van der Waals surface area (Å²) >= 11 is 0. The van der Waals surface area contributed by atoms with Crippen LogP contribution in [-0.2, 0) is 10.0 Å². The average Bonchev–Trinajstić information content (AvgIpc) is 3.93. The number of hydrogen-bond acceptors (Lipinski definition) is 12. The molecular formula is C52H64FN7O8S. The Hall–Kier alpha value is -5.78. The van der Waals surface area contributed by atoms with Gasteiger partial charge < -0.3 is 29.8 Å². The topological polar surface area (TPSA) is 192 Å². The standard InChI is InChI=1S/C52H64FN7O8S/c1-32(2)37-9-6-7-10-38(37)39-11-8-12-44(39)59-30-52(31-59)21-23-58(24-22-52)35-13-15-40(46(25-35)68-47-27-41-42(53)29-55-48(41)56-50(47)67-33(3)4)49(61)57-69(65,66)36-14-16-43(45(26-36)60(63)64)54-28-34-17-19-51(5,62)20-18-34/h6-7,9-10,13-16,25-27,29,32-34,39,44,54,62H,8,11-12,17-24,28,30-31H2,1-5H3,(H,55,56)(H,57,61)/t34?,39-,44-,51?/m1/s1. The number of piperidine rings is 1. The maximum Gasteiger partial charge on any atom is 0.293 e. The van der Waals surface area contributed by atoms with Gasteiger partial charge in [0.15, 0.2) is 5.75 Å². The van der Waals surface area contributed by atoms with Crippen molar-refractivity contribution in [3.05, 3.63) is 106 Å². The highest BCUT2D eigenvalue weighted by atomic mass is 32.2. The van der Waals surface area contributed by atoms with Crippen molar-refractivity contribution in [3.8, 4) is 17.4 Å². The Bertz CT molecular complexity index is 2820. The third kappa shape index (κ3) is 10.3. The minimum Gasteiger partial charge on any atom is -0.472 e. The van der Waals surface area contributed by atoms with Crippen molar-refractivity contribution in [1.29, 1.82) is 0 Å². The number of H-pyrrole nitrogens is 1. The lowest BCUT2D eigenvalue weighted by atomic mass is 9.70. The second-order valence-corrected chi connectivity index (χ2v) is 22.4. The van der Waals surface area contributed by atoms with Gasteiger partial charge in [0.25, 0.3) is 27.5 Å². The largest absolute Gasteiger partial charge is 0.472 e. The van der Waals surface area contributed by atoms with E-state index in [1.807, 2.05) is 0 Å². The Morgan fingerprint density at radius 2 is 1.72 bits per heavy atom. The number of sulfonamides is 1. The van der Waals surface area contributed by atoms with Crippen LogP contribution < -0.4 is 24.4 Å². The Balaban J connectivity index is 0.943. The summed E-state index contributed by atoms with van der Waals surface area (Å²) in [7, 11) is -4.67. The number of aliphatic hydroxyl groups is 1. The number of likely N-dealkylation sites (tertiary alicyclic amines) is 1. The van der Waals surface area contributed by atoms with E-state index in [2.05, 4.69) is 67.9 Å². The molecule has 4 heterocycles. The highest BCUT2D eigenvalue weighted by Crippen LogP contribution is 2.49. The maximum absolute atomic E-state index is 15.0. The predicted molar refractivity (Wildman–Crippen MR) is 264 cm³/mol. The first-order valence-corrected chi connectivity index (χ1v) is 25.9. The monoisotopic (exact) mass is 965 g/mol. The van der Waals surface area contributed by atoms with E-state index >= 15 is 0 Å². The number of benzene rings is 3. The van der Waals surface area contributed by atoms with Crippen LogP contribution in [0.5, 0.6) is 17.4 Å². The van der Waals surface area contributed by atoms with Crippen molar-refractivity contribution in [2.24, 2.45) is 11.3 Å². The van der Waals surface area contributed by atoms with Gasteiger partial charge in [0.1, 0.15) is 22.9 Å². The third-order valence-corrected chi connectivity index (χ3v) is 16.4. The van der Waals surface area contributed by atoms with E-state index in [0.29, 0.717) is 37.3 Å². The minimum atomic E-state index is -4.67. The highest BCUT2D eigenvalue weighted by Gasteiger charge is 2.49. The third-order valence-electron chi connectivity index (χ3n) is 15.0. The predicted octanol–water partition coefficient (Wildman–Crippen LogP) is 10.0. The molecule has 4 N–H and O–H groups in total. The molecule has 15 nitrogen and oxygen atoms in total. The fraction of sp³-hybridized carbons (Fsp3) is 0.500. The molecule has 69 heavy (non-hydrogen) atoms. The molecule has 4 aliphatic rings. The van der Waals surface area contributed by atoms with Crippen LogP contribution in [-0.4, -0.2) is 89.7 Å². The van der Waals surface area contributed by atoms with Crippen LogP contribution in [0.15, 0.2) is 77.8 Å². The zero-order chi connectivity index (χ0) is 48.8. The molecule has 368 valence electrons. The second-order valence-electron chi connectivity index (χ2n) is 20.7. The molecule has 0 radical (unpaired) electrons. The summed E-state index contributed by atoms with van der Waals surface area (Å²) in [4.78, 5) is 37.5. The summed E-state index contributed by atoms with van der Waals surface area (Å²) in [6.45, 7) is 14.0. The number of anilines is 2. The first-order chi connectivity index (χ1) is 32.9. The van der Waals surface area contributed by atoms with Crippen LogP contribution in [0.2, 0.25) is 0 Å². The van der Waals surface area contributed by atoms with E-state index in [4.69, 9.17) is 9.47 Å². The normalized spacial score (nSPS) is 22.8. The van der Waals surface area contributed by atoms with Crippen LogP contribution in [0.1, 0.15) is 126 Å². The first-order valence-electron chi connectivity index (χ1n) is 24.4. The number of nitro groups is 1. The SMILES string of the molecule is CC(C)Oc1nc2[nH]cc(F)c2cc1Oc1cc(N2CCC3(CC2)CN([C@@H]2CCC[C@@H]2c2ccccc2C(C)C)C3)ccc1C(=O)NS(=O)(=O)c1ccc(NCC2CCC(C)(O)CC2)c([N+](=O)[O-])c1. The fourth-order valence-electron chi connectivity index (χ4n) is 11.2. The summed E-state index contributed by atoms with van der Waals surface area (Å²) in [5.41, 5.74) is 2.94. The molecule has 1 spiro atoms. The zero-order valence-corrected chi connectivity index (χ0v) is 40.9. The molecule has 9 rings (SSSR count). The highest BCUT2D eigenvalue weighted by molar-refractivity contribution is 7.90. The van der Waals surface area contributed by atoms with Gasteiger partial charge in [-0.15, -0.1) is 0 Å². The zero-order valence-electron chi connectivity index (χ0n) is 40.1. The Kier molecular flexibility index (Phi) is 13.4. The number of rotatable bonds is 15. The number of hydrogen-bond donors (Lipinski definition) is 4. The average molecular weight is 966 g/mol. The minimum absolute atomic E-state index is 0.00877. The van der Waals surface area contributed by atoms with Crippen LogP contribution in [0.3, 0.4) is 0 Å². The quantitative estimate of drug-likeness (QED) is 0.0574. The van der Waals surface area contributed by atoms with Crippen LogP contribution in [0.4, 0.5) is 21.5 Å². The summed E-state index contributed by atoms with van der Waals surface area (Å²) < 4.78 is 57.3. The fourth-order valence-corrected chi connectivity index (χ4v) is 12.1. The molecule has 17 heteroatoms. The molecule has 2 saturated carbocycles.